The van der Waals surface area contributed by atoms with Crippen LogP contribution >= 0.6 is 0 Å². The van der Waals surface area contributed by atoms with Crippen LogP contribution in [0, 0.1) is 5.82 Å². The molecule has 3 rings (SSSR count). The first kappa shape index (κ1) is 27.7. The van der Waals surface area contributed by atoms with Gasteiger partial charge in [0.15, 0.2) is 5.65 Å². The Kier molecular flexibility index (Phi) is 8.90. The molecule has 1 amide bonds. The third-order valence-corrected chi connectivity index (χ3v) is 5.21. The van der Waals surface area contributed by atoms with Crippen LogP contribution in [0.1, 0.15) is 69.9 Å². The van der Waals surface area contributed by atoms with E-state index in [1.165, 1.54) is 22.8 Å². The predicted molar refractivity (Wildman–Crippen MR) is 136 cm³/mol. The first-order chi connectivity index (χ1) is 17.5. The Labute approximate surface area is 215 Å². The van der Waals surface area contributed by atoms with Crippen LogP contribution < -0.4 is 15.4 Å². The minimum absolute atomic E-state index is 0.239. The van der Waals surface area contributed by atoms with Crippen LogP contribution in [-0.4, -0.2) is 51.5 Å². The zero-order valence-corrected chi connectivity index (χ0v) is 22.0. The number of benzene rings is 1. The molecule has 0 unspecified atom stereocenters. The van der Waals surface area contributed by atoms with E-state index in [2.05, 4.69) is 20.7 Å². The molecule has 10 nitrogen and oxygen atoms in total. The minimum atomic E-state index is -0.573. The van der Waals surface area contributed by atoms with Crippen LogP contribution in [0.15, 0.2) is 36.7 Å². The number of amides is 1. The van der Waals surface area contributed by atoms with E-state index in [-0.39, 0.29) is 24.3 Å². The number of nitrogens with one attached hydrogen (secondary N) is 2. The zero-order chi connectivity index (χ0) is 27.2. The Bertz CT molecular complexity index is 1240. The Morgan fingerprint density at radius 1 is 1.19 bits per heavy atom. The minimum Gasteiger partial charge on any atom is -0.490 e. The molecule has 0 bridgehead atoms. The topological polar surface area (TPSA) is 116 Å². The largest absolute Gasteiger partial charge is 0.490 e. The molecular weight excluding hydrogens is 481 g/mol. The standard InChI is InChI=1S/C26H34FN5O5/c1-7-35-24(33)20-15-29-32-13-11-22(31-23(20)32)30-17(3)19-14-18(27)8-9-21(19)36-16(2)10-12-28-25(34)37-26(4,5)6/h8-9,11,13-17H,7,10,12H2,1-6H3,(H,28,34)(H,30,31)/t16-,17+/m0/s1. The molecule has 2 N–H and O–H groups in total. The van der Waals surface area contributed by atoms with Crippen molar-refractivity contribution in [2.75, 3.05) is 18.5 Å². The normalized spacial score (nSPS) is 13.1. The van der Waals surface area contributed by atoms with Gasteiger partial charge in [-0.2, -0.15) is 5.10 Å². The lowest BCUT2D eigenvalue weighted by Gasteiger charge is -2.22. The number of carbonyl (C=O) groups excluding carboxylic acids is 2. The highest BCUT2D eigenvalue weighted by Crippen LogP contribution is 2.30. The van der Waals surface area contributed by atoms with Crippen molar-refractivity contribution in [2.45, 2.75) is 65.7 Å². The van der Waals surface area contributed by atoms with Gasteiger partial charge in [-0.1, -0.05) is 0 Å². The Hall–Kier alpha value is -3.89. The molecule has 2 heterocycles. The first-order valence-electron chi connectivity index (χ1n) is 12.2. The van der Waals surface area contributed by atoms with Crippen molar-refractivity contribution in [3.63, 3.8) is 0 Å². The molecule has 0 aliphatic carbocycles. The summed E-state index contributed by atoms with van der Waals surface area (Å²) in [7, 11) is 0. The summed E-state index contributed by atoms with van der Waals surface area (Å²) in [6.45, 7) is 11.4. The number of fused-ring (bicyclic) bond motifs is 1. The monoisotopic (exact) mass is 515 g/mol. The van der Waals surface area contributed by atoms with Gasteiger partial charge in [0.1, 0.15) is 28.5 Å². The molecule has 0 aliphatic rings. The fourth-order valence-corrected chi connectivity index (χ4v) is 3.53. The number of carbonyl (C=O) groups is 2. The quantitative estimate of drug-likeness (QED) is 0.366. The smallest absolute Gasteiger partial charge is 0.407 e. The van der Waals surface area contributed by atoms with Crippen LogP contribution in [-0.2, 0) is 9.47 Å². The molecule has 0 aliphatic heterocycles. The van der Waals surface area contributed by atoms with Crippen molar-refractivity contribution >= 4 is 23.5 Å². The van der Waals surface area contributed by atoms with Gasteiger partial charge in [-0.15, -0.1) is 0 Å². The average Bonchev–Trinajstić information content (AvgIpc) is 3.22. The number of rotatable bonds is 10. The van der Waals surface area contributed by atoms with E-state index in [9.17, 15) is 14.0 Å². The van der Waals surface area contributed by atoms with Crippen LogP contribution in [0.25, 0.3) is 5.65 Å². The lowest BCUT2D eigenvalue weighted by atomic mass is 10.1. The van der Waals surface area contributed by atoms with Crippen molar-refractivity contribution in [1.29, 1.82) is 0 Å². The summed E-state index contributed by atoms with van der Waals surface area (Å²) in [6.07, 6.45) is 2.84. The number of nitrogens with zero attached hydrogens (tertiary/aromatic N) is 3. The molecule has 200 valence electrons. The van der Waals surface area contributed by atoms with Crippen LogP contribution in [0.4, 0.5) is 15.0 Å². The first-order valence-corrected chi connectivity index (χ1v) is 12.2. The molecule has 0 radical (unpaired) electrons. The van der Waals surface area contributed by atoms with Crippen molar-refractivity contribution in [3.8, 4) is 5.75 Å². The summed E-state index contributed by atoms with van der Waals surface area (Å²) >= 11 is 0. The summed E-state index contributed by atoms with van der Waals surface area (Å²) in [5.41, 5.74) is 0.614. The molecule has 2 aromatic heterocycles. The fraction of sp³-hybridized carbons (Fsp3) is 0.462. The maximum atomic E-state index is 14.2. The van der Waals surface area contributed by atoms with Gasteiger partial charge < -0.3 is 24.8 Å². The van der Waals surface area contributed by atoms with Crippen LogP contribution in [0.5, 0.6) is 5.75 Å². The number of hydrogen-bond donors (Lipinski definition) is 2. The molecule has 0 fully saturated rings. The molecule has 1 aromatic carbocycles. The number of ether oxygens (including phenoxy) is 3. The second-order valence-electron chi connectivity index (χ2n) is 9.55. The maximum absolute atomic E-state index is 14.2. The van der Waals surface area contributed by atoms with Gasteiger partial charge in [0.05, 0.1) is 24.9 Å². The van der Waals surface area contributed by atoms with E-state index in [1.807, 2.05) is 13.8 Å². The van der Waals surface area contributed by atoms with Crippen LogP contribution in [0.3, 0.4) is 0 Å². The fourth-order valence-electron chi connectivity index (χ4n) is 3.53. The summed E-state index contributed by atoms with van der Waals surface area (Å²) in [4.78, 5) is 28.6. The summed E-state index contributed by atoms with van der Waals surface area (Å²) in [5, 5.41) is 10.1. The molecule has 11 heteroatoms. The number of halogens is 1. The van der Waals surface area contributed by atoms with Gasteiger partial charge >= 0.3 is 12.1 Å². The molecule has 3 aromatic rings. The number of anilines is 1. The molecule has 0 spiro atoms. The molecular formula is C26H34FN5O5. The number of hydrogen-bond acceptors (Lipinski definition) is 8. The van der Waals surface area contributed by atoms with Crippen molar-refractivity contribution < 1.29 is 28.2 Å². The second kappa shape index (κ2) is 11.9. The zero-order valence-electron chi connectivity index (χ0n) is 22.0. The Balaban J connectivity index is 1.69. The third kappa shape index (κ3) is 7.80. The van der Waals surface area contributed by atoms with E-state index >= 15 is 0 Å². The Morgan fingerprint density at radius 2 is 1.95 bits per heavy atom. The van der Waals surface area contributed by atoms with Gasteiger partial charge in [-0.25, -0.2) is 23.5 Å². The highest BCUT2D eigenvalue weighted by atomic mass is 19.1. The average molecular weight is 516 g/mol. The lowest BCUT2D eigenvalue weighted by Crippen LogP contribution is -2.34. The molecule has 0 saturated carbocycles. The molecule has 0 saturated heterocycles. The third-order valence-electron chi connectivity index (χ3n) is 5.21. The van der Waals surface area contributed by atoms with Crippen LogP contribution in [0.2, 0.25) is 0 Å². The molecule has 37 heavy (non-hydrogen) atoms. The number of alkyl carbamates (subject to hydrolysis) is 1. The highest BCUT2D eigenvalue weighted by molar-refractivity contribution is 5.95. The van der Waals surface area contributed by atoms with E-state index in [0.717, 1.165) is 0 Å². The van der Waals surface area contributed by atoms with Gasteiger partial charge in [-0.3, -0.25) is 0 Å². The highest BCUT2D eigenvalue weighted by Gasteiger charge is 2.19. The van der Waals surface area contributed by atoms with Crippen molar-refractivity contribution in [3.05, 3.63) is 53.6 Å². The maximum Gasteiger partial charge on any atom is 0.407 e. The van der Waals surface area contributed by atoms with Crippen molar-refractivity contribution in [1.82, 2.24) is 19.9 Å². The van der Waals surface area contributed by atoms with E-state index in [0.29, 0.717) is 35.7 Å². The SMILES string of the molecule is CCOC(=O)c1cnn2ccc(N[C@H](C)c3cc(F)ccc3O[C@@H](C)CCNC(=O)OC(C)(C)C)nc12. The van der Waals surface area contributed by atoms with Gasteiger partial charge in [0.2, 0.25) is 0 Å². The number of esters is 1. The number of aromatic nitrogens is 3. The van der Waals surface area contributed by atoms with E-state index in [4.69, 9.17) is 14.2 Å². The van der Waals surface area contributed by atoms with Crippen molar-refractivity contribution in [2.24, 2.45) is 0 Å². The van der Waals surface area contributed by atoms with Gasteiger partial charge in [0, 0.05) is 24.7 Å². The predicted octanol–water partition coefficient (Wildman–Crippen LogP) is 4.90. The van der Waals surface area contributed by atoms with E-state index < -0.39 is 23.5 Å². The van der Waals surface area contributed by atoms with E-state index in [1.54, 1.807) is 46.0 Å². The summed E-state index contributed by atoms with van der Waals surface area (Å²) < 4.78 is 32.0. The second-order valence-corrected chi connectivity index (χ2v) is 9.55. The van der Waals surface area contributed by atoms with Gasteiger partial charge in [-0.05, 0) is 65.8 Å². The lowest BCUT2D eigenvalue weighted by molar-refractivity contribution is 0.0513. The summed E-state index contributed by atoms with van der Waals surface area (Å²) in [5.74, 6) is 0.0601. The van der Waals surface area contributed by atoms with Gasteiger partial charge in [0.25, 0.3) is 0 Å². The molecule has 2 atom stereocenters. The Morgan fingerprint density at radius 3 is 2.65 bits per heavy atom. The summed E-state index contributed by atoms with van der Waals surface area (Å²) in [6, 6.07) is 5.63.